The van der Waals surface area contributed by atoms with E-state index in [4.69, 9.17) is 4.42 Å². The van der Waals surface area contributed by atoms with Crippen molar-refractivity contribution >= 4 is 54.3 Å². The molecule has 0 aliphatic carbocycles. The lowest BCUT2D eigenvalue weighted by molar-refractivity contribution is 0.672. The monoisotopic (exact) mass is 622 g/mol. The number of benzene rings is 9. The molecule has 0 saturated carbocycles. The molecule has 0 atom stereocenters. The van der Waals surface area contributed by atoms with Gasteiger partial charge in [-0.1, -0.05) is 164 Å². The fraction of sp³-hybridized carbons (Fsp3) is 0. The Hall–Kier alpha value is -6.44. The minimum Gasteiger partial charge on any atom is -0.455 e. The van der Waals surface area contributed by atoms with Crippen LogP contribution in [0.4, 0.5) is 0 Å². The van der Waals surface area contributed by atoms with E-state index in [1.54, 1.807) is 0 Å². The van der Waals surface area contributed by atoms with Gasteiger partial charge in [0.1, 0.15) is 11.2 Å². The average molecular weight is 623 g/mol. The molecule has 0 radical (unpaired) electrons. The van der Waals surface area contributed by atoms with E-state index in [2.05, 4.69) is 176 Å². The van der Waals surface area contributed by atoms with Gasteiger partial charge in [-0.3, -0.25) is 0 Å². The Morgan fingerprint density at radius 3 is 1.49 bits per heavy atom. The smallest absolute Gasteiger partial charge is 0.143 e. The summed E-state index contributed by atoms with van der Waals surface area (Å²) >= 11 is 0. The third-order valence-electron chi connectivity index (χ3n) is 10.1. The molecule has 1 heteroatoms. The summed E-state index contributed by atoms with van der Waals surface area (Å²) in [6.45, 7) is 0. The van der Waals surface area contributed by atoms with Gasteiger partial charge in [0.2, 0.25) is 0 Å². The van der Waals surface area contributed by atoms with E-state index in [-0.39, 0.29) is 0 Å². The number of para-hydroxylation sites is 1. The molecule has 10 aromatic rings. The van der Waals surface area contributed by atoms with Crippen molar-refractivity contribution in [3.8, 4) is 44.5 Å². The summed E-state index contributed by atoms with van der Waals surface area (Å²) in [4.78, 5) is 0. The van der Waals surface area contributed by atoms with Crippen LogP contribution in [0.1, 0.15) is 0 Å². The molecule has 0 saturated heterocycles. The van der Waals surface area contributed by atoms with Gasteiger partial charge in [0.25, 0.3) is 0 Å². The zero-order valence-electron chi connectivity index (χ0n) is 26.7. The highest BCUT2D eigenvalue weighted by Gasteiger charge is 2.20. The molecule has 0 N–H and O–H groups in total. The van der Waals surface area contributed by atoms with Gasteiger partial charge in [-0.25, -0.2) is 0 Å². The molecular formula is C48H30O. The molecule has 0 aliphatic heterocycles. The van der Waals surface area contributed by atoms with Gasteiger partial charge in [0.15, 0.2) is 0 Å². The average Bonchev–Trinajstić information content (AvgIpc) is 3.56. The Kier molecular flexibility index (Phi) is 6.25. The third kappa shape index (κ3) is 4.33. The van der Waals surface area contributed by atoms with E-state index in [9.17, 15) is 0 Å². The lowest BCUT2D eigenvalue weighted by Gasteiger charge is -2.20. The molecule has 9 aromatic carbocycles. The number of rotatable bonds is 4. The van der Waals surface area contributed by atoms with Crippen LogP contribution in [0.5, 0.6) is 0 Å². The SMILES string of the molecule is c1ccc(-c2ccccc2-c2c3ccccc3c(-c3cccc(-c4cc5c6ccccc6oc5c5ccccc45)c3)c3ccccc23)cc1. The van der Waals surface area contributed by atoms with Crippen molar-refractivity contribution in [2.45, 2.75) is 0 Å². The lowest BCUT2D eigenvalue weighted by Crippen LogP contribution is -1.93. The van der Waals surface area contributed by atoms with Crippen LogP contribution in [0.3, 0.4) is 0 Å². The molecule has 0 amide bonds. The molecule has 1 aromatic heterocycles. The standard InChI is InChI=1S/C48H30O/c1-2-15-31(16-3-1)34-19-4-6-22-37(34)47-40-25-9-7-23-38(40)46(39-24-8-10-26-41(39)47)33-18-14-17-32(29-33)43-30-44-36-21-12-13-28-45(36)49-48(44)42-27-11-5-20-35(42)43/h1-30H. The highest BCUT2D eigenvalue weighted by atomic mass is 16.3. The zero-order valence-corrected chi connectivity index (χ0v) is 26.7. The zero-order chi connectivity index (χ0) is 32.3. The summed E-state index contributed by atoms with van der Waals surface area (Å²) in [6.07, 6.45) is 0. The maximum absolute atomic E-state index is 6.43. The lowest BCUT2D eigenvalue weighted by atomic mass is 9.83. The maximum Gasteiger partial charge on any atom is 0.143 e. The Morgan fingerprint density at radius 2 is 0.776 bits per heavy atom. The van der Waals surface area contributed by atoms with Crippen molar-refractivity contribution in [1.82, 2.24) is 0 Å². The van der Waals surface area contributed by atoms with E-state index in [1.165, 1.54) is 71.4 Å². The fourth-order valence-electron chi connectivity index (χ4n) is 7.93. The summed E-state index contributed by atoms with van der Waals surface area (Å²) in [5, 5.41) is 9.61. The minimum absolute atomic E-state index is 0.917. The Morgan fingerprint density at radius 1 is 0.265 bits per heavy atom. The second-order valence-corrected chi connectivity index (χ2v) is 12.8. The molecular weight excluding hydrogens is 593 g/mol. The summed E-state index contributed by atoms with van der Waals surface area (Å²) in [5.41, 5.74) is 11.7. The maximum atomic E-state index is 6.43. The Bertz CT molecular complexity index is 2820. The van der Waals surface area contributed by atoms with Gasteiger partial charge in [0, 0.05) is 16.2 Å². The van der Waals surface area contributed by atoms with Crippen LogP contribution in [0.25, 0.3) is 98.8 Å². The number of fused-ring (bicyclic) bond motifs is 7. The quantitative estimate of drug-likeness (QED) is 0.178. The Balaban J connectivity index is 1.25. The van der Waals surface area contributed by atoms with Crippen LogP contribution in [0, 0.1) is 0 Å². The van der Waals surface area contributed by atoms with Gasteiger partial charge in [-0.2, -0.15) is 0 Å². The molecule has 49 heavy (non-hydrogen) atoms. The van der Waals surface area contributed by atoms with Crippen molar-refractivity contribution < 1.29 is 4.42 Å². The molecule has 0 aliphatic rings. The van der Waals surface area contributed by atoms with Gasteiger partial charge in [0.05, 0.1) is 0 Å². The van der Waals surface area contributed by atoms with E-state index < -0.39 is 0 Å². The van der Waals surface area contributed by atoms with Crippen LogP contribution < -0.4 is 0 Å². The number of hydrogen-bond acceptors (Lipinski definition) is 1. The summed E-state index contributed by atoms with van der Waals surface area (Å²) in [7, 11) is 0. The molecule has 0 unspecified atom stereocenters. The van der Waals surface area contributed by atoms with Crippen molar-refractivity contribution in [3.05, 3.63) is 182 Å². The molecule has 0 bridgehead atoms. The van der Waals surface area contributed by atoms with E-state index in [0.717, 1.165) is 27.3 Å². The highest BCUT2D eigenvalue weighted by Crippen LogP contribution is 2.47. The Labute approximate surface area is 284 Å². The fourth-order valence-corrected chi connectivity index (χ4v) is 7.93. The molecule has 10 rings (SSSR count). The highest BCUT2D eigenvalue weighted by molar-refractivity contribution is 6.23. The first-order valence-corrected chi connectivity index (χ1v) is 16.9. The van der Waals surface area contributed by atoms with Crippen molar-refractivity contribution in [2.75, 3.05) is 0 Å². The van der Waals surface area contributed by atoms with Crippen LogP contribution in [0.2, 0.25) is 0 Å². The molecule has 1 nitrogen and oxygen atoms in total. The molecule has 0 fully saturated rings. The van der Waals surface area contributed by atoms with E-state index in [1.807, 2.05) is 6.07 Å². The molecule has 1 heterocycles. The summed E-state index contributed by atoms with van der Waals surface area (Å²) < 4.78 is 6.43. The number of hydrogen-bond donors (Lipinski definition) is 0. The largest absolute Gasteiger partial charge is 0.455 e. The van der Waals surface area contributed by atoms with Crippen LogP contribution in [-0.2, 0) is 0 Å². The summed E-state index contributed by atoms with van der Waals surface area (Å²) in [5.74, 6) is 0. The molecule has 0 spiro atoms. The van der Waals surface area contributed by atoms with Crippen LogP contribution >= 0.6 is 0 Å². The second kappa shape index (κ2) is 11.1. The second-order valence-electron chi connectivity index (χ2n) is 12.8. The van der Waals surface area contributed by atoms with E-state index >= 15 is 0 Å². The van der Waals surface area contributed by atoms with Gasteiger partial charge < -0.3 is 4.42 Å². The van der Waals surface area contributed by atoms with Gasteiger partial charge in [-0.05, 0) is 89.6 Å². The first kappa shape index (κ1) is 27.7. The minimum atomic E-state index is 0.917. The van der Waals surface area contributed by atoms with Crippen molar-refractivity contribution in [1.29, 1.82) is 0 Å². The first-order chi connectivity index (χ1) is 24.3. The number of furan rings is 1. The normalized spacial score (nSPS) is 11.7. The van der Waals surface area contributed by atoms with Gasteiger partial charge >= 0.3 is 0 Å². The topological polar surface area (TPSA) is 13.1 Å². The van der Waals surface area contributed by atoms with E-state index in [0.29, 0.717) is 0 Å². The predicted molar refractivity (Wildman–Crippen MR) is 208 cm³/mol. The van der Waals surface area contributed by atoms with Gasteiger partial charge in [-0.15, -0.1) is 0 Å². The third-order valence-corrected chi connectivity index (χ3v) is 10.1. The van der Waals surface area contributed by atoms with Crippen molar-refractivity contribution in [3.63, 3.8) is 0 Å². The van der Waals surface area contributed by atoms with Crippen molar-refractivity contribution in [2.24, 2.45) is 0 Å². The van der Waals surface area contributed by atoms with Crippen LogP contribution in [-0.4, -0.2) is 0 Å². The predicted octanol–water partition coefficient (Wildman–Crippen LogP) is 13.7. The first-order valence-electron chi connectivity index (χ1n) is 16.9. The molecule has 228 valence electrons. The summed E-state index contributed by atoms with van der Waals surface area (Å²) in [6, 6.07) is 65.8. The van der Waals surface area contributed by atoms with Crippen LogP contribution in [0.15, 0.2) is 186 Å².